The van der Waals surface area contributed by atoms with E-state index in [1.54, 1.807) is 18.2 Å². The fourth-order valence-electron chi connectivity index (χ4n) is 2.45. The first-order valence-corrected chi connectivity index (χ1v) is 8.32. The molecule has 0 aliphatic rings. The van der Waals surface area contributed by atoms with E-state index in [4.69, 9.17) is 9.47 Å². The maximum absolute atomic E-state index is 12.9. The van der Waals surface area contributed by atoms with Crippen LogP contribution >= 0.6 is 0 Å². The molecule has 0 atom stereocenters. The lowest BCUT2D eigenvalue weighted by Gasteiger charge is -2.08. The van der Waals surface area contributed by atoms with Crippen LogP contribution in [0.5, 0.6) is 11.5 Å². The van der Waals surface area contributed by atoms with Crippen LogP contribution in [0.15, 0.2) is 72.8 Å². The van der Waals surface area contributed by atoms with Crippen molar-refractivity contribution >= 4 is 11.8 Å². The number of ether oxygens (including phenoxy) is 2. The average Bonchev–Trinajstić information content (AvgIpc) is 2.67. The van der Waals surface area contributed by atoms with Crippen LogP contribution in [0.4, 0.5) is 4.39 Å². The van der Waals surface area contributed by atoms with Crippen molar-refractivity contribution in [1.29, 1.82) is 0 Å². The zero-order valence-corrected chi connectivity index (χ0v) is 14.6. The molecule has 0 radical (unpaired) electrons. The number of aryl methyl sites for hydroxylation is 1. The second kappa shape index (κ2) is 8.27. The molecule has 5 heteroatoms. The summed E-state index contributed by atoms with van der Waals surface area (Å²) in [6, 6.07) is 18.8. The summed E-state index contributed by atoms with van der Waals surface area (Å²) in [5, 5.41) is 0. The summed E-state index contributed by atoms with van der Waals surface area (Å²) in [5.74, 6) is -0.290. The molecule has 0 N–H and O–H groups in total. The fraction of sp³-hybridized carbons (Fsp3) is 0.0909. The summed E-state index contributed by atoms with van der Waals surface area (Å²) in [4.78, 5) is 24.2. The number of carbonyl (C=O) groups is 2. The van der Waals surface area contributed by atoms with Gasteiger partial charge in [-0.3, -0.25) is 4.79 Å². The van der Waals surface area contributed by atoms with Gasteiger partial charge in [-0.05, 0) is 73.2 Å². The minimum atomic E-state index is -0.547. The lowest BCUT2D eigenvalue weighted by atomic mass is 10.0. The van der Waals surface area contributed by atoms with Crippen molar-refractivity contribution in [2.75, 3.05) is 6.61 Å². The molecule has 0 aromatic heterocycles. The average molecular weight is 364 g/mol. The maximum atomic E-state index is 12.9. The molecule has 0 unspecified atom stereocenters. The highest BCUT2D eigenvalue weighted by atomic mass is 19.1. The number of esters is 1. The predicted octanol–water partition coefficient (Wildman–Crippen LogP) is 4.35. The van der Waals surface area contributed by atoms with E-state index in [9.17, 15) is 14.0 Å². The molecule has 136 valence electrons. The zero-order valence-electron chi connectivity index (χ0n) is 14.6. The second-order valence-electron chi connectivity index (χ2n) is 5.94. The largest absolute Gasteiger partial charge is 0.482 e. The van der Waals surface area contributed by atoms with Gasteiger partial charge in [0.25, 0.3) is 0 Å². The number of rotatable bonds is 6. The molecule has 0 fully saturated rings. The van der Waals surface area contributed by atoms with Gasteiger partial charge in [0, 0.05) is 11.1 Å². The molecule has 3 aromatic carbocycles. The van der Waals surface area contributed by atoms with Crippen molar-refractivity contribution in [3.63, 3.8) is 0 Å². The minimum absolute atomic E-state index is 0.223. The molecular formula is C22H17FO4. The van der Waals surface area contributed by atoms with Crippen LogP contribution in [0.1, 0.15) is 21.5 Å². The third-order valence-electron chi connectivity index (χ3n) is 3.80. The van der Waals surface area contributed by atoms with Crippen molar-refractivity contribution in [3.8, 4) is 11.5 Å². The number of ketones is 1. The SMILES string of the molecule is Cc1cccc(OCC(=O)Oc2ccc(C(=O)c3ccc(F)cc3)cc2)c1. The van der Waals surface area contributed by atoms with Crippen molar-refractivity contribution in [2.24, 2.45) is 0 Å². The van der Waals surface area contributed by atoms with Gasteiger partial charge in [0.1, 0.15) is 17.3 Å². The summed E-state index contributed by atoms with van der Waals surface area (Å²) in [6.45, 7) is 1.71. The van der Waals surface area contributed by atoms with E-state index in [1.807, 2.05) is 25.1 Å². The topological polar surface area (TPSA) is 52.6 Å². The fourth-order valence-corrected chi connectivity index (χ4v) is 2.45. The van der Waals surface area contributed by atoms with Crippen LogP contribution in [0.25, 0.3) is 0 Å². The van der Waals surface area contributed by atoms with Gasteiger partial charge in [-0.25, -0.2) is 9.18 Å². The molecule has 0 aliphatic heterocycles. The molecule has 0 spiro atoms. The highest BCUT2D eigenvalue weighted by molar-refractivity contribution is 6.09. The zero-order chi connectivity index (χ0) is 19.2. The third kappa shape index (κ3) is 5.01. The van der Waals surface area contributed by atoms with Gasteiger partial charge in [-0.2, -0.15) is 0 Å². The van der Waals surface area contributed by atoms with Gasteiger partial charge in [-0.1, -0.05) is 12.1 Å². The Bertz CT molecular complexity index is 947. The Morgan fingerprint density at radius 3 is 2.11 bits per heavy atom. The Labute approximate surface area is 156 Å². The summed E-state index contributed by atoms with van der Waals surface area (Å²) in [6.07, 6.45) is 0. The Morgan fingerprint density at radius 2 is 1.48 bits per heavy atom. The first-order chi connectivity index (χ1) is 13.0. The molecule has 0 saturated heterocycles. The number of hydrogen-bond acceptors (Lipinski definition) is 4. The quantitative estimate of drug-likeness (QED) is 0.371. The monoisotopic (exact) mass is 364 g/mol. The van der Waals surface area contributed by atoms with Crippen molar-refractivity contribution in [2.45, 2.75) is 6.92 Å². The normalized spacial score (nSPS) is 10.3. The van der Waals surface area contributed by atoms with E-state index in [1.165, 1.54) is 36.4 Å². The summed E-state index contributed by atoms with van der Waals surface area (Å²) < 4.78 is 23.5. The first-order valence-electron chi connectivity index (χ1n) is 8.32. The van der Waals surface area contributed by atoms with E-state index in [0.29, 0.717) is 22.6 Å². The van der Waals surface area contributed by atoms with Gasteiger partial charge in [-0.15, -0.1) is 0 Å². The standard InChI is InChI=1S/C22H17FO4/c1-15-3-2-4-20(13-15)26-14-21(24)27-19-11-7-17(8-12-19)22(25)16-5-9-18(23)10-6-16/h2-13H,14H2,1H3. The molecule has 27 heavy (non-hydrogen) atoms. The summed E-state index contributed by atoms with van der Waals surface area (Å²) in [7, 11) is 0. The number of hydrogen-bond donors (Lipinski definition) is 0. The van der Waals surface area contributed by atoms with E-state index < -0.39 is 11.8 Å². The summed E-state index contributed by atoms with van der Waals surface area (Å²) in [5.41, 5.74) is 1.83. The third-order valence-corrected chi connectivity index (χ3v) is 3.80. The molecular weight excluding hydrogens is 347 g/mol. The maximum Gasteiger partial charge on any atom is 0.349 e. The molecule has 3 rings (SSSR count). The van der Waals surface area contributed by atoms with Gasteiger partial charge >= 0.3 is 5.97 Å². The molecule has 0 amide bonds. The molecule has 0 bridgehead atoms. The Kier molecular flexibility index (Phi) is 5.61. The van der Waals surface area contributed by atoms with Crippen molar-refractivity contribution in [1.82, 2.24) is 0 Å². The Balaban J connectivity index is 1.57. The highest BCUT2D eigenvalue weighted by Crippen LogP contribution is 2.17. The number of benzene rings is 3. The van der Waals surface area contributed by atoms with Crippen LogP contribution in [0, 0.1) is 12.7 Å². The number of halogens is 1. The van der Waals surface area contributed by atoms with Gasteiger partial charge < -0.3 is 9.47 Å². The van der Waals surface area contributed by atoms with Crippen LogP contribution in [-0.4, -0.2) is 18.4 Å². The molecule has 0 aliphatic carbocycles. The van der Waals surface area contributed by atoms with E-state index in [2.05, 4.69) is 0 Å². The van der Waals surface area contributed by atoms with Gasteiger partial charge in [0.05, 0.1) is 0 Å². The van der Waals surface area contributed by atoms with E-state index >= 15 is 0 Å². The highest BCUT2D eigenvalue weighted by Gasteiger charge is 2.11. The Hall–Kier alpha value is -3.47. The molecule has 0 saturated carbocycles. The second-order valence-corrected chi connectivity index (χ2v) is 5.94. The van der Waals surface area contributed by atoms with Crippen LogP contribution < -0.4 is 9.47 Å². The van der Waals surface area contributed by atoms with Crippen molar-refractivity contribution in [3.05, 3.63) is 95.3 Å². The van der Waals surface area contributed by atoms with Gasteiger partial charge in [0.15, 0.2) is 12.4 Å². The summed E-state index contributed by atoms with van der Waals surface area (Å²) >= 11 is 0. The predicted molar refractivity (Wildman–Crippen MR) is 98.6 cm³/mol. The molecule has 0 heterocycles. The number of carbonyl (C=O) groups excluding carboxylic acids is 2. The Morgan fingerprint density at radius 1 is 0.852 bits per heavy atom. The lowest BCUT2D eigenvalue weighted by Crippen LogP contribution is -2.17. The molecule has 3 aromatic rings. The van der Waals surface area contributed by atoms with E-state index in [-0.39, 0.29) is 12.4 Å². The van der Waals surface area contributed by atoms with Crippen molar-refractivity contribution < 1.29 is 23.5 Å². The smallest absolute Gasteiger partial charge is 0.349 e. The van der Waals surface area contributed by atoms with Gasteiger partial charge in [0.2, 0.25) is 0 Å². The van der Waals surface area contributed by atoms with Crippen LogP contribution in [-0.2, 0) is 4.79 Å². The minimum Gasteiger partial charge on any atom is -0.482 e. The van der Waals surface area contributed by atoms with E-state index in [0.717, 1.165) is 5.56 Å². The first kappa shape index (κ1) is 18.3. The lowest BCUT2D eigenvalue weighted by molar-refractivity contribution is -0.136. The molecule has 4 nitrogen and oxygen atoms in total. The van der Waals surface area contributed by atoms with Crippen LogP contribution in [0.2, 0.25) is 0 Å². The van der Waals surface area contributed by atoms with Crippen LogP contribution in [0.3, 0.4) is 0 Å².